The van der Waals surface area contributed by atoms with E-state index in [0.717, 1.165) is 42.3 Å². The van der Waals surface area contributed by atoms with Gasteiger partial charge in [0.15, 0.2) is 5.60 Å². The van der Waals surface area contributed by atoms with Crippen molar-refractivity contribution in [3.05, 3.63) is 107 Å². The molecule has 12 heteroatoms. The van der Waals surface area contributed by atoms with Gasteiger partial charge in [0.1, 0.15) is 0 Å². The number of aromatic amines is 1. The molecule has 0 saturated heterocycles. The summed E-state index contributed by atoms with van der Waals surface area (Å²) in [5.41, 5.74) is 3.17. The lowest BCUT2D eigenvalue weighted by Crippen LogP contribution is -2.42. The van der Waals surface area contributed by atoms with Crippen molar-refractivity contribution in [2.45, 2.75) is 38.0 Å². The maximum Gasteiger partial charge on any atom is 0.336 e. The van der Waals surface area contributed by atoms with Crippen LogP contribution in [0.1, 0.15) is 29.5 Å². The van der Waals surface area contributed by atoms with E-state index in [1.165, 1.54) is 16.7 Å². The number of carboxylic acid groups (broad SMARTS) is 3. The summed E-state index contributed by atoms with van der Waals surface area (Å²) in [6.07, 6.45) is 4.33. The van der Waals surface area contributed by atoms with Gasteiger partial charge in [0.05, 0.1) is 24.7 Å². The van der Waals surface area contributed by atoms with Crippen molar-refractivity contribution in [3.63, 3.8) is 0 Å². The summed E-state index contributed by atoms with van der Waals surface area (Å²) in [6.45, 7) is 2.63. The lowest BCUT2D eigenvalue weighted by molar-refractivity contribution is -0.170. The molecule has 2 aromatic heterocycles. The number of carbonyl (C=O) groups is 3. The van der Waals surface area contributed by atoms with Crippen LogP contribution in [-0.4, -0.2) is 70.6 Å². The molecule has 0 saturated carbocycles. The average molecular weight is 595 g/mol. The summed E-state index contributed by atoms with van der Waals surface area (Å²) < 4.78 is 0. The summed E-state index contributed by atoms with van der Waals surface area (Å²) >= 11 is 6.05. The fraction of sp³-hybridized carbons (Fsp3) is 0.233. The van der Waals surface area contributed by atoms with E-state index >= 15 is 0 Å². The molecule has 0 unspecified atom stereocenters. The zero-order valence-electron chi connectivity index (χ0n) is 22.6. The average Bonchev–Trinajstić information content (AvgIpc) is 3.41. The largest absolute Gasteiger partial charge is 0.481 e. The Balaban J connectivity index is 0.000000316. The minimum absolute atomic E-state index is 0.733. The SMILES string of the molecule is Clc1ccc(-c2[nH]ncc2CN(CCc2ccccc2)Cc2ccncc2)cc1.O=C(O)CC(O)(CC(=O)O)C(=O)O. The standard InChI is InChI=1S/C24H23ClN4.C6H8O7/c25-23-8-6-21(7-9-23)24-22(16-27-28-24)18-29(17-20-10-13-26-14-11-20)15-12-19-4-2-1-3-5-19;7-3(8)1-6(13,5(11)12)2-4(9)10/h1-11,13-14,16H,12,15,17-18H2,(H,27,28);13H,1-2H2,(H,7,8)(H,9,10)(H,11,12). The lowest BCUT2D eigenvalue weighted by atomic mass is 9.96. The second-order valence-electron chi connectivity index (χ2n) is 9.56. The summed E-state index contributed by atoms with van der Waals surface area (Å²) in [5, 5.41) is 42.0. The van der Waals surface area contributed by atoms with Gasteiger partial charge in [-0.2, -0.15) is 5.10 Å². The van der Waals surface area contributed by atoms with Crippen LogP contribution in [0.2, 0.25) is 5.02 Å². The monoisotopic (exact) mass is 594 g/mol. The van der Waals surface area contributed by atoms with E-state index in [1.54, 1.807) is 0 Å². The van der Waals surface area contributed by atoms with Crippen LogP contribution in [0.15, 0.2) is 85.3 Å². The highest BCUT2D eigenvalue weighted by molar-refractivity contribution is 6.30. The first-order valence-electron chi connectivity index (χ1n) is 12.9. The molecule has 11 nitrogen and oxygen atoms in total. The Labute approximate surface area is 247 Å². The molecule has 4 aromatic rings. The van der Waals surface area contributed by atoms with Crippen LogP contribution in [0.25, 0.3) is 11.3 Å². The third kappa shape index (κ3) is 10.1. The molecular formula is C30H31ClN4O7. The molecule has 0 fully saturated rings. The van der Waals surface area contributed by atoms with E-state index in [0.29, 0.717) is 0 Å². The van der Waals surface area contributed by atoms with Crippen LogP contribution in [-0.2, 0) is 33.9 Å². The van der Waals surface area contributed by atoms with E-state index in [-0.39, 0.29) is 0 Å². The van der Waals surface area contributed by atoms with Crippen LogP contribution in [0, 0.1) is 0 Å². The molecule has 42 heavy (non-hydrogen) atoms. The van der Waals surface area contributed by atoms with Gasteiger partial charge in [-0.05, 0) is 47.4 Å². The molecule has 0 radical (unpaired) electrons. The van der Waals surface area contributed by atoms with Crippen molar-refractivity contribution < 1.29 is 34.8 Å². The normalized spacial score (nSPS) is 11.0. The van der Waals surface area contributed by atoms with Crippen LogP contribution >= 0.6 is 11.6 Å². The third-order valence-electron chi connectivity index (χ3n) is 6.25. The van der Waals surface area contributed by atoms with E-state index < -0.39 is 36.4 Å². The van der Waals surface area contributed by atoms with E-state index in [2.05, 4.69) is 62.5 Å². The molecule has 4 rings (SSSR count). The Hall–Kier alpha value is -4.58. The minimum atomic E-state index is -2.74. The summed E-state index contributed by atoms with van der Waals surface area (Å²) in [6, 6.07) is 22.6. The van der Waals surface area contributed by atoms with E-state index in [9.17, 15) is 14.4 Å². The molecule has 5 N–H and O–H groups in total. The Morgan fingerprint density at radius 1 is 0.833 bits per heavy atom. The van der Waals surface area contributed by atoms with Gasteiger partial charge in [0.2, 0.25) is 0 Å². The van der Waals surface area contributed by atoms with Gasteiger partial charge < -0.3 is 20.4 Å². The highest BCUT2D eigenvalue weighted by Gasteiger charge is 2.40. The lowest BCUT2D eigenvalue weighted by Gasteiger charge is -2.22. The van der Waals surface area contributed by atoms with Gasteiger partial charge in [0.25, 0.3) is 0 Å². The number of carboxylic acids is 3. The number of aliphatic carboxylic acids is 3. The molecule has 0 amide bonds. The fourth-order valence-electron chi connectivity index (χ4n) is 4.14. The van der Waals surface area contributed by atoms with E-state index in [4.69, 9.17) is 32.0 Å². The van der Waals surface area contributed by atoms with Crippen molar-refractivity contribution >= 4 is 29.5 Å². The second-order valence-corrected chi connectivity index (χ2v) is 9.99. The second kappa shape index (κ2) is 15.4. The number of hydrogen-bond acceptors (Lipinski definition) is 7. The minimum Gasteiger partial charge on any atom is -0.481 e. The Morgan fingerprint density at radius 3 is 2.02 bits per heavy atom. The van der Waals surface area contributed by atoms with Crippen LogP contribution < -0.4 is 0 Å². The zero-order chi connectivity index (χ0) is 30.5. The predicted molar refractivity (Wildman–Crippen MR) is 155 cm³/mol. The fourth-order valence-corrected chi connectivity index (χ4v) is 4.27. The number of benzene rings is 2. The molecule has 0 bridgehead atoms. The Morgan fingerprint density at radius 2 is 1.45 bits per heavy atom. The quantitative estimate of drug-likeness (QED) is 0.151. The Kier molecular flexibility index (Phi) is 11.7. The highest BCUT2D eigenvalue weighted by Crippen LogP contribution is 2.24. The zero-order valence-corrected chi connectivity index (χ0v) is 23.3. The number of nitrogens with zero attached hydrogens (tertiary/aromatic N) is 3. The highest BCUT2D eigenvalue weighted by atomic mass is 35.5. The smallest absolute Gasteiger partial charge is 0.336 e. The van der Waals surface area contributed by atoms with Crippen molar-refractivity contribution in [3.8, 4) is 11.3 Å². The Bertz CT molecular complexity index is 1430. The molecule has 220 valence electrons. The van der Waals surface area contributed by atoms with Gasteiger partial charge >= 0.3 is 17.9 Å². The van der Waals surface area contributed by atoms with Gasteiger partial charge in [0, 0.05) is 42.6 Å². The first kappa shape index (κ1) is 31.9. The maximum absolute atomic E-state index is 10.3. The molecule has 0 aliphatic carbocycles. The van der Waals surface area contributed by atoms with Crippen LogP contribution in [0.5, 0.6) is 0 Å². The van der Waals surface area contributed by atoms with Crippen molar-refractivity contribution in [1.82, 2.24) is 20.1 Å². The van der Waals surface area contributed by atoms with Gasteiger partial charge in [-0.1, -0.05) is 54.1 Å². The van der Waals surface area contributed by atoms with Crippen molar-refractivity contribution in [2.75, 3.05) is 6.54 Å². The molecule has 2 heterocycles. The maximum atomic E-state index is 10.3. The third-order valence-corrected chi connectivity index (χ3v) is 6.50. The van der Waals surface area contributed by atoms with Gasteiger partial charge in [-0.15, -0.1) is 0 Å². The number of aliphatic hydroxyl groups is 1. The first-order valence-corrected chi connectivity index (χ1v) is 13.3. The number of nitrogens with one attached hydrogen (secondary N) is 1. The van der Waals surface area contributed by atoms with Crippen molar-refractivity contribution in [2.24, 2.45) is 0 Å². The summed E-state index contributed by atoms with van der Waals surface area (Å²) in [4.78, 5) is 37.1. The molecule has 0 spiro atoms. The van der Waals surface area contributed by atoms with Crippen LogP contribution in [0.4, 0.5) is 0 Å². The number of H-pyrrole nitrogens is 1. The number of hydrogen-bond donors (Lipinski definition) is 5. The molecule has 0 aliphatic heterocycles. The molecular weight excluding hydrogens is 564 g/mol. The summed E-state index contributed by atoms with van der Waals surface area (Å²) in [7, 11) is 0. The number of halogens is 1. The van der Waals surface area contributed by atoms with Crippen LogP contribution in [0.3, 0.4) is 0 Å². The van der Waals surface area contributed by atoms with Gasteiger partial charge in [-0.3, -0.25) is 24.6 Å². The number of aromatic nitrogens is 3. The number of pyridine rings is 1. The summed E-state index contributed by atoms with van der Waals surface area (Å²) in [5.74, 6) is -5.02. The molecule has 0 atom stereocenters. The predicted octanol–water partition coefficient (Wildman–Crippen LogP) is 4.12. The topological polar surface area (TPSA) is 177 Å². The number of rotatable bonds is 13. The molecule has 2 aromatic carbocycles. The molecule has 0 aliphatic rings. The van der Waals surface area contributed by atoms with Gasteiger partial charge in [-0.25, -0.2) is 4.79 Å². The van der Waals surface area contributed by atoms with Crippen molar-refractivity contribution in [1.29, 1.82) is 0 Å². The van der Waals surface area contributed by atoms with E-state index in [1.807, 2.05) is 42.9 Å². The first-order chi connectivity index (χ1) is 20.1.